The number of likely N-dealkylation sites (N-methyl/N-ethyl adjacent to an activating group) is 1. The average Bonchev–Trinajstić information content (AvgIpc) is 3.36. The van der Waals surface area contributed by atoms with Crippen LogP contribution in [0.15, 0.2) is 24.0 Å². The summed E-state index contributed by atoms with van der Waals surface area (Å²) in [6.45, 7) is 2.67. The molecule has 0 radical (unpaired) electrons. The molecule has 1 spiro atoms. The van der Waals surface area contributed by atoms with Gasteiger partial charge in [0.25, 0.3) is 0 Å². The Labute approximate surface area is 273 Å². The number of esters is 3. The number of carbonyl (C=O) groups excluding carboxylic acids is 3. The maximum atomic E-state index is 13.3. The van der Waals surface area contributed by atoms with E-state index in [4.69, 9.17) is 29.2 Å². The molecule has 1 aromatic carbocycles. The normalized spacial score (nSPS) is 28.3. The number of nitrogens with zero attached hydrogens (tertiary/aromatic N) is 1. The number of hydrogen-bond acceptors (Lipinski definition) is 15. The minimum Gasteiger partial charge on any atom is -0.504 e. The molecule has 9 atom stereocenters. The van der Waals surface area contributed by atoms with Gasteiger partial charge in [0.05, 0.1) is 23.9 Å². The zero-order valence-corrected chi connectivity index (χ0v) is 26.2. The Balaban J connectivity index is 1.34. The van der Waals surface area contributed by atoms with Gasteiger partial charge in [0.15, 0.2) is 36.1 Å². The van der Waals surface area contributed by atoms with Crippen molar-refractivity contribution in [3.05, 3.63) is 35.1 Å². The highest BCUT2D eigenvalue weighted by Crippen LogP contribution is 2.65. The third-order valence-electron chi connectivity index (χ3n) is 9.45. The first-order chi connectivity index (χ1) is 22.5. The highest BCUT2D eigenvalue weighted by Gasteiger charge is 2.72. The van der Waals surface area contributed by atoms with Crippen LogP contribution in [0, 0.1) is 0 Å². The Morgan fingerprint density at radius 2 is 1.77 bits per heavy atom. The minimum atomic E-state index is -2.23. The highest BCUT2D eigenvalue weighted by molar-refractivity contribution is 5.84. The first-order valence-corrected chi connectivity index (χ1v) is 15.2. The number of phenols is 1. The molecule has 2 heterocycles. The SMILES string of the molecule is C[C@H](O)C(=O)O[C@@H](CC(=O)OC1=CC[C@@]2(O)[C@H]3Cc4ccc(O)c5c4C2(CCN3C)[C@H]1O5)C(O)O[C@@H](C)C(=O)O[C@H](CC(=O)O)C(=O)O. The molecule has 17 heteroatoms. The third-order valence-corrected chi connectivity index (χ3v) is 9.45. The van der Waals surface area contributed by atoms with E-state index < -0.39 is 90.5 Å². The number of carboxylic acid groups (broad SMARTS) is 2. The molecule has 2 unspecified atom stereocenters. The summed E-state index contributed by atoms with van der Waals surface area (Å²) in [5.41, 5.74) is -0.861. The number of rotatable bonds is 13. The number of hydrogen-bond donors (Lipinski definition) is 6. The van der Waals surface area contributed by atoms with Gasteiger partial charge in [-0.3, -0.25) is 9.59 Å². The second-order valence-corrected chi connectivity index (χ2v) is 12.5. The Morgan fingerprint density at radius 3 is 2.42 bits per heavy atom. The van der Waals surface area contributed by atoms with Crippen molar-refractivity contribution >= 4 is 29.8 Å². The van der Waals surface area contributed by atoms with Crippen molar-refractivity contribution in [1.29, 1.82) is 0 Å². The van der Waals surface area contributed by atoms with Crippen molar-refractivity contribution in [2.45, 2.75) is 99.8 Å². The zero-order chi connectivity index (χ0) is 35.3. The first-order valence-electron chi connectivity index (χ1n) is 15.2. The van der Waals surface area contributed by atoms with Crippen LogP contribution in [0.5, 0.6) is 11.5 Å². The lowest BCUT2D eigenvalue weighted by Gasteiger charge is -2.61. The molecule has 0 saturated carbocycles. The summed E-state index contributed by atoms with van der Waals surface area (Å²) in [5.74, 6) is -6.96. The summed E-state index contributed by atoms with van der Waals surface area (Å²) in [6.07, 6.45) is -10.1. The fourth-order valence-corrected chi connectivity index (χ4v) is 7.15. The molecule has 1 aromatic rings. The van der Waals surface area contributed by atoms with Gasteiger partial charge < -0.3 is 59.2 Å². The van der Waals surface area contributed by atoms with E-state index in [0.29, 0.717) is 24.9 Å². The van der Waals surface area contributed by atoms with Gasteiger partial charge >= 0.3 is 29.8 Å². The van der Waals surface area contributed by atoms with E-state index in [0.717, 1.165) is 19.4 Å². The largest absolute Gasteiger partial charge is 0.504 e. The van der Waals surface area contributed by atoms with Crippen LogP contribution in [0.1, 0.15) is 50.7 Å². The highest BCUT2D eigenvalue weighted by atomic mass is 16.7. The molecule has 4 aliphatic rings. The van der Waals surface area contributed by atoms with E-state index in [1.807, 2.05) is 7.05 Å². The summed E-state index contributed by atoms with van der Waals surface area (Å²) in [7, 11) is 1.91. The molecule has 0 amide bonds. The number of aromatic hydroxyl groups is 1. The summed E-state index contributed by atoms with van der Waals surface area (Å²) in [6, 6.07) is 2.99. The Hall–Kier alpha value is -4.29. The number of piperidine rings is 1. The van der Waals surface area contributed by atoms with Crippen LogP contribution in [-0.4, -0.2) is 127 Å². The molecular weight excluding hydrogens is 642 g/mol. The maximum absolute atomic E-state index is 13.3. The number of carbonyl (C=O) groups is 5. The molecule has 0 aromatic heterocycles. The molecule has 262 valence electrons. The number of aliphatic carboxylic acids is 2. The predicted octanol–water partition coefficient (Wildman–Crippen LogP) is -0.910. The van der Waals surface area contributed by atoms with E-state index in [-0.39, 0.29) is 29.7 Å². The average molecular weight is 680 g/mol. The molecule has 2 bridgehead atoms. The van der Waals surface area contributed by atoms with Crippen molar-refractivity contribution in [2.24, 2.45) is 0 Å². The van der Waals surface area contributed by atoms with Crippen molar-refractivity contribution in [3.8, 4) is 11.5 Å². The summed E-state index contributed by atoms with van der Waals surface area (Å²) < 4.78 is 26.8. The number of carboxylic acids is 2. The fraction of sp³-hybridized carbons (Fsp3) is 0.581. The first kappa shape index (κ1) is 35.0. The summed E-state index contributed by atoms with van der Waals surface area (Å²) in [4.78, 5) is 62.2. The van der Waals surface area contributed by atoms with Gasteiger partial charge in [0, 0.05) is 18.0 Å². The van der Waals surface area contributed by atoms with Crippen LogP contribution < -0.4 is 4.74 Å². The van der Waals surface area contributed by atoms with Crippen molar-refractivity contribution in [2.75, 3.05) is 13.6 Å². The second-order valence-electron chi connectivity index (χ2n) is 12.5. The Kier molecular flexibility index (Phi) is 9.46. The van der Waals surface area contributed by atoms with E-state index in [9.17, 15) is 44.4 Å². The molecule has 2 aliphatic heterocycles. The number of aliphatic hydroxyl groups is 3. The fourth-order valence-electron chi connectivity index (χ4n) is 7.15. The van der Waals surface area contributed by atoms with Gasteiger partial charge in [0.1, 0.15) is 11.9 Å². The van der Waals surface area contributed by atoms with Gasteiger partial charge in [-0.15, -0.1) is 0 Å². The summed E-state index contributed by atoms with van der Waals surface area (Å²) in [5, 5.41) is 61.3. The third kappa shape index (κ3) is 5.96. The number of phenolic OH excluding ortho intramolecular Hbond substituents is 1. The minimum absolute atomic E-state index is 0.0162. The quantitative estimate of drug-likeness (QED) is 0.0838. The molecule has 6 N–H and O–H groups in total. The molecule has 1 saturated heterocycles. The van der Waals surface area contributed by atoms with Crippen LogP contribution in [-0.2, 0) is 54.8 Å². The number of benzene rings is 1. The van der Waals surface area contributed by atoms with Crippen LogP contribution in [0.4, 0.5) is 0 Å². The number of ether oxygens (including phenoxy) is 5. The lowest BCUT2D eigenvalue weighted by Crippen LogP contribution is -2.74. The van der Waals surface area contributed by atoms with Crippen LogP contribution >= 0.6 is 0 Å². The smallest absolute Gasteiger partial charge is 0.345 e. The molecule has 48 heavy (non-hydrogen) atoms. The van der Waals surface area contributed by atoms with Crippen LogP contribution in [0.25, 0.3) is 0 Å². The molecular formula is C31H37NO16. The van der Waals surface area contributed by atoms with E-state index >= 15 is 0 Å². The molecule has 1 fully saturated rings. The molecule has 2 aliphatic carbocycles. The molecule has 17 nitrogen and oxygen atoms in total. The number of aliphatic hydroxyl groups excluding tert-OH is 2. The predicted molar refractivity (Wildman–Crippen MR) is 155 cm³/mol. The lowest BCUT2D eigenvalue weighted by atomic mass is 9.50. The van der Waals surface area contributed by atoms with Crippen molar-refractivity contribution in [3.63, 3.8) is 0 Å². The summed E-state index contributed by atoms with van der Waals surface area (Å²) >= 11 is 0. The van der Waals surface area contributed by atoms with E-state index in [2.05, 4.69) is 9.64 Å². The van der Waals surface area contributed by atoms with Crippen molar-refractivity contribution in [1.82, 2.24) is 4.90 Å². The topological polar surface area (TPSA) is 256 Å². The van der Waals surface area contributed by atoms with Gasteiger partial charge in [-0.2, -0.15) is 0 Å². The maximum Gasteiger partial charge on any atom is 0.345 e. The Bertz CT molecular complexity index is 1540. The van der Waals surface area contributed by atoms with E-state index in [1.54, 1.807) is 6.07 Å². The van der Waals surface area contributed by atoms with Crippen LogP contribution in [0.2, 0.25) is 0 Å². The van der Waals surface area contributed by atoms with E-state index in [1.165, 1.54) is 12.1 Å². The van der Waals surface area contributed by atoms with Gasteiger partial charge in [-0.05, 0) is 58.0 Å². The lowest BCUT2D eigenvalue weighted by molar-refractivity contribution is -0.218. The van der Waals surface area contributed by atoms with Gasteiger partial charge in [0.2, 0.25) is 6.10 Å². The molecule has 5 rings (SSSR count). The van der Waals surface area contributed by atoms with Crippen molar-refractivity contribution < 1.29 is 78.3 Å². The van der Waals surface area contributed by atoms with Crippen LogP contribution in [0.3, 0.4) is 0 Å². The zero-order valence-electron chi connectivity index (χ0n) is 26.2. The standard InChI is InChI=1S/C31H37NO16/c1-13(33)27(40)47-19(29(42)44-14(2)28(41)46-18(26(38)39)11-21(35)36)12-22(37)45-17-6-7-31(43)20-10-15-4-5-16(34)24-23(15)30(31,25(17)48-24)8-9-32(20)3/h4-6,13-14,18-20,25,29,33-34,42-43H,7-12H2,1-3H3,(H,35,36)(H,38,39)/t13-,14-,18+,19-,20+,25-,29?,30?,31+/m0/s1. The Morgan fingerprint density at radius 1 is 1.06 bits per heavy atom. The number of likely N-dealkylation sites (tertiary alicyclic amines) is 1. The second kappa shape index (κ2) is 13.0. The van der Waals surface area contributed by atoms with Gasteiger partial charge in [-0.25, -0.2) is 14.4 Å². The monoisotopic (exact) mass is 679 g/mol. The van der Waals surface area contributed by atoms with Gasteiger partial charge in [-0.1, -0.05) is 6.07 Å².